The molecule has 0 atom stereocenters. The van der Waals surface area contributed by atoms with Gasteiger partial charge in [-0.2, -0.15) is 5.10 Å². The van der Waals surface area contributed by atoms with Crippen molar-refractivity contribution < 1.29 is 4.74 Å². The number of nitrogens with zero attached hydrogens (tertiary/aromatic N) is 3. The molecule has 1 aliphatic carbocycles. The first kappa shape index (κ1) is 15.3. The Hall–Kier alpha value is -1.56. The summed E-state index contributed by atoms with van der Waals surface area (Å²) in [6.45, 7) is 5.79. The molecule has 6 heteroatoms. The van der Waals surface area contributed by atoms with Crippen LogP contribution in [-0.2, 0) is 11.3 Å². The van der Waals surface area contributed by atoms with E-state index in [1.165, 1.54) is 18.4 Å². The quantitative estimate of drug-likeness (QED) is 0.642. The normalized spacial score (nSPS) is 20.5. The highest BCUT2D eigenvalue weighted by Crippen LogP contribution is 2.30. The number of likely N-dealkylation sites (tertiary alicyclic amines) is 1. The van der Waals surface area contributed by atoms with Crippen molar-refractivity contribution in [3.8, 4) is 0 Å². The van der Waals surface area contributed by atoms with Crippen molar-refractivity contribution in [3.05, 3.63) is 17.5 Å². The second-order valence-corrected chi connectivity index (χ2v) is 6.38. The predicted octanol–water partition coefficient (Wildman–Crippen LogP) is 1.68. The van der Waals surface area contributed by atoms with Crippen molar-refractivity contribution in [1.82, 2.24) is 20.4 Å². The van der Waals surface area contributed by atoms with Crippen LogP contribution in [0.15, 0.2) is 11.2 Å². The second-order valence-electron chi connectivity index (χ2n) is 6.38. The molecular formula is C16H27N5O. The topological polar surface area (TPSA) is 65.5 Å². The van der Waals surface area contributed by atoms with Gasteiger partial charge in [0.1, 0.15) is 0 Å². The number of H-pyrrole nitrogens is 1. The average molecular weight is 305 g/mol. The van der Waals surface area contributed by atoms with Crippen LogP contribution in [0.5, 0.6) is 0 Å². The van der Waals surface area contributed by atoms with Crippen LogP contribution in [0, 0.1) is 12.8 Å². The summed E-state index contributed by atoms with van der Waals surface area (Å²) in [5, 5.41) is 10.4. The van der Waals surface area contributed by atoms with E-state index in [0.717, 1.165) is 56.7 Å². The van der Waals surface area contributed by atoms with Crippen LogP contribution in [-0.4, -0.2) is 53.9 Å². The van der Waals surface area contributed by atoms with E-state index >= 15 is 0 Å². The number of aliphatic imine (C=N–C) groups is 1. The molecule has 1 aromatic heterocycles. The van der Waals surface area contributed by atoms with Gasteiger partial charge >= 0.3 is 0 Å². The Morgan fingerprint density at radius 2 is 2.18 bits per heavy atom. The molecule has 122 valence electrons. The lowest BCUT2D eigenvalue weighted by molar-refractivity contribution is 0.0131. The molecular weight excluding hydrogens is 278 g/mol. The highest BCUT2D eigenvalue weighted by Gasteiger charge is 2.26. The summed E-state index contributed by atoms with van der Waals surface area (Å²) < 4.78 is 6.00. The zero-order valence-corrected chi connectivity index (χ0v) is 13.6. The molecule has 2 heterocycles. The predicted molar refractivity (Wildman–Crippen MR) is 86.8 cm³/mol. The van der Waals surface area contributed by atoms with Gasteiger partial charge in [0.05, 0.1) is 12.3 Å². The molecule has 1 aliphatic heterocycles. The first-order valence-electron chi connectivity index (χ1n) is 8.32. The van der Waals surface area contributed by atoms with Crippen molar-refractivity contribution in [1.29, 1.82) is 0 Å². The maximum Gasteiger partial charge on any atom is 0.193 e. The molecule has 22 heavy (non-hydrogen) atoms. The summed E-state index contributed by atoms with van der Waals surface area (Å²) in [6, 6.07) is 0. The Balaban J connectivity index is 1.43. The minimum atomic E-state index is 0.436. The lowest BCUT2D eigenvalue weighted by atomic mass is 10.1. The van der Waals surface area contributed by atoms with Crippen molar-refractivity contribution in [2.45, 2.75) is 45.3 Å². The van der Waals surface area contributed by atoms with Crippen molar-refractivity contribution in [2.75, 3.05) is 26.7 Å². The Morgan fingerprint density at radius 1 is 1.41 bits per heavy atom. The van der Waals surface area contributed by atoms with Crippen molar-refractivity contribution >= 4 is 5.96 Å². The number of aromatic amines is 1. The van der Waals surface area contributed by atoms with Gasteiger partial charge in [0.25, 0.3) is 0 Å². The van der Waals surface area contributed by atoms with E-state index in [1.807, 2.05) is 20.2 Å². The van der Waals surface area contributed by atoms with Gasteiger partial charge in [0.15, 0.2) is 5.96 Å². The van der Waals surface area contributed by atoms with Crippen LogP contribution in [0.25, 0.3) is 0 Å². The molecule has 0 spiro atoms. The van der Waals surface area contributed by atoms with Crippen LogP contribution in [0.4, 0.5) is 0 Å². The summed E-state index contributed by atoms with van der Waals surface area (Å²) in [6.07, 6.45) is 7.22. The third kappa shape index (κ3) is 4.00. The zero-order valence-electron chi connectivity index (χ0n) is 13.6. The summed E-state index contributed by atoms with van der Waals surface area (Å²) in [5.41, 5.74) is 2.29. The van der Waals surface area contributed by atoms with Gasteiger partial charge in [-0.1, -0.05) is 0 Å². The van der Waals surface area contributed by atoms with E-state index in [-0.39, 0.29) is 0 Å². The molecule has 1 saturated carbocycles. The van der Waals surface area contributed by atoms with E-state index in [1.54, 1.807) is 0 Å². The molecule has 0 unspecified atom stereocenters. The third-order valence-corrected chi connectivity index (χ3v) is 4.59. The minimum Gasteiger partial charge on any atom is -0.378 e. The molecule has 6 nitrogen and oxygen atoms in total. The first-order valence-corrected chi connectivity index (χ1v) is 8.32. The number of nitrogens with one attached hydrogen (secondary N) is 2. The molecule has 0 bridgehead atoms. The fourth-order valence-corrected chi connectivity index (χ4v) is 2.85. The Labute approximate surface area is 132 Å². The number of ether oxygens (including phenoxy) is 1. The summed E-state index contributed by atoms with van der Waals surface area (Å²) in [5.74, 6) is 1.83. The van der Waals surface area contributed by atoms with Gasteiger partial charge in [-0.05, 0) is 38.5 Å². The van der Waals surface area contributed by atoms with Gasteiger partial charge in [-0.15, -0.1) is 0 Å². The highest BCUT2D eigenvalue weighted by molar-refractivity contribution is 5.79. The molecule has 2 N–H and O–H groups in total. The minimum absolute atomic E-state index is 0.436. The third-order valence-electron chi connectivity index (χ3n) is 4.59. The van der Waals surface area contributed by atoms with Gasteiger partial charge in [-0.25, -0.2) is 0 Å². The van der Waals surface area contributed by atoms with Gasteiger partial charge < -0.3 is 15.0 Å². The molecule has 0 aromatic carbocycles. The van der Waals surface area contributed by atoms with E-state index in [0.29, 0.717) is 6.10 Å². The van der Waals surface area contributed by atoms with Crippen LogP contribution < -0.4 is 5.32 Å². The Morgan fingerprint density at radius 3 is 2.77 bits per heavy atom. The summed E-state index contributed by atoms with van der Waals surface area (Å²) >= 11 is 0. The highest BCUT2D eigenvalue weighted by atomic mass is 16.5. The lowest BCUT2D eigenvalue weighted by Gasteiger charge is -2.34. The van der Waals surface area contributed by atoms with Crippen molar-refractivity contribution in [2.24, 2.45) is 10.9 Å². The monoisotopic (exact) mass is 305 g/mol. The number of hydrogen-bond acceptors (Lipinski definition) is 3. The molecule has 1 saturated heterocycles. The van der Waals surface area contributed by atoms with Crippen LogP contribution in [0.2, 0.25) is 0 Å². The maximum absolute atomic E-state index is 6.00. The SMILES string of the molecule is CN=C(NCc1cn[nH]c1C)N1CCC(OCC2CC2)CC1. The molecule has 0 radical (unpaired) electrons. The standard InChI is InChI=1S/C16H27N5O/c1-12-14(10-19-20-12)9-18-16(17-2)21-7-5-15(6-8-21)22-11-13-3-4-13/h10,13,15H,3-9,11H2,1-2H3,(H,17,18)(H,19,20). The first-order chi connectivity index (χ1) is 10.8. The van der Waals surface area contributed by atoms with Gasteiger partial charge in [-0.3, -0.25) is 10.1 Å². The van der Waals surface area contributed by atoms with Crippen LogP contribution in [0.3, 0.4) is 0 Å². The zero-order chi connectivity index (χ0) is 15.4. The van der Waals surface area contributed by atoms with Gasteiger partial charge in [0, 0.05) is 44.5 Å². The largest absolute Gasteiger partial charge is 0.378 e. The second kappa shape index (κ2) is 7.13. The average Bonchev–Trinajstić information content (AvgIpc) is 3.29. The lowest BCUT2D eigenvalue weighted by Crippen LogP contribution is -2.46. The Bertz CT molecular complexity index is 500. The van der Waals surface area contributed by atoms with E-state index in [2.05, 4.69) is 25.4 Å². The number of aromatic nitrogens is 2. The van der Waals surface area contributed by atoms with Crippen LogP contribution in [0.1, 0.15) is 36.9 Å². The van der Waals surface area contributed by atoms with Crippen molar-refractivity contribution in [3.63, 3.8) is 0 Å². The molecule has 2 fully saturated rings. The number of rotatable bonds is 5. The van der Waals surface area contributed by atoms with Gasteiger partial charge in [0.2, 0.25) is 0 Å². The summed E-state index contributed by atoms with van der Waals surface area (Å²) in [7, 11) is 1.85. The number of hydrogen-bond donors (Lipinski definition) is 2. The fourth-order valence-electron chi connectivity index (χ4n) is 2.85. The smallest absolute Gasteiger partial charge is 0.193 e. The number of piperidine rings is 1. The van der Waals surface area contributed by atoms with Crippen LogP contribution >= 0.6 is 0 Å². The molecule has 0 amide bonds. The van der Waals surface area contributed by atoms with E-state index in [9.17, 15) is 0 Å². The molecule has 2 aliphatic rings. The van der Waals surface area contributed by atoms with E-state index < -0.39 is 0 Å². The molecule has 1 aromatic rings. The fraction of sp³-hybridized carbons (Fsp3) is 0.750. The summed E-state index contributed by atoms with van der Waals surface area (Å²) in [4.78, 5) is 6.74. The number of aryl methyl sites for hydroxylation is 1. The Kier molecular flexibility index (Phi) is 4.97. The maximum atomic E-state index is 6.00. The van der Waals surface area contributed by atoms with E-state index in [4.69, 9.17) is 4.74 Å². The number of guanidine groups is 1. The molecule has 3 rings (SSSR count).